The molecule has 3 nitrogen and oxygen atoms in total. The van der Waals surface area contributed by atoms with Crippen molar-refractivity contribution >= 4 is 0 Å². The lowest BCUT2D eigenvalue weighted by Gasteiger charge is -2.34. The normalized spacial score (nSPS) is 28.3. The van der Waals surface area contributed by atoms with Gasteiger partial charge in [-0.05, 0) is 58.3 Å². The van der Waals surface area contributed by atoms with Crippen LogP contribution in [0.2, 0.25) is 0 Å². The highest BCUT2D eigenvalue weighted by Gasteiger charge is 2.34. The van der Waals surface area contributed by atoms with E-state index in [2.05, 4.69) is 36.3 Å². The number of hydrogen-bond donors (Lipinski definition) is 1. The largest absolute Gasteiger partial charge is 0.319 e. The Labute approximate surface area is 113 Å². The van der Waals surface area contributed by atoms with Gasteiger partial charge in [-0.2, -0.15) is 0 Å². The van der Waals surface area contributed by atoms with E-state index in [1.165, 1.54) is 64.8 Å². The van der Waals surface area contributed by atoms with Gasteiger partial charge in [0.2, 0.25) is 0 Å². The third-order valence-corrected chi connectivity index (χ3v) is 4.88. The van der Waals surface area contributed by atoms with E-state index in [1.54, 1.807) is 0 Å². The quantitative estimate of drug-likeness (QED) is 0.776. The Morgan fingerprint density at radius 3 is 2.61 bits per heavy atom. The maximum Gasteiger partial charge on any atom is 0.00472 e. The minimum absolute atomic E-state index is 0.563. The van der Waals surface area contributed by atoms with E-state index in [4.69, 9.17) is 0 Å². The molecule has 2 aliphatic rings. The van der Waals surface area contributed by atoms with Crippen LogP contribution in [0.4, 0.5) is 0 Å². The molecule has 1 saturated carbocycles. The van der Waals surface area contributed by atoms with Crippen LogP contribution in [0.5, 0.6) is 0 Å². The van der Waals surface area contributed by atoms with Gasteiger partial charge in [-0.1, -0.05) is 12.8 Å². The van der Waals surface area contributed by atoms with Crippen LogP contribution >= 0.6 is 0 Å². The molecule has 2 rings (SSSR count). The second-order valence-electron chi connectivity index (χ2n) is 6.85. The Bertz CT molecular complexity index is 248. The van der Waals surface area contributed by atoms with Gasteiger partial charge in [-0.3, -0.25) is 0 Å². The molecule has 18 heavy (non-hydrogen) atoms. The Morgan fingerprint density at radius 1 is 1.33 bits per heavy atom. The van der Waals surface area contributed by atoms with Crippen LogP contribution in [-0.2, 0) is 0 Å². The van der Waals surface area contributed by atoms with Gasteiger partial charge in [0.25, 0.3) is 0 Å². The summed E-state index contributed by atoms with van der Waals surface area (Å²) in [5.74, 6) is 0.896. The monoisotopic (exact) mass is 253 g/mol. The molecule has 1 aliphatic heterocycles. The molecule has 1 aliphatic carbocycles. The molecule has 0 aromatic heterocycles. The molecule has 0 amide bonds. The van der Waals surface area contributed by atoms with E-state index >= 15 is 0 Å². The third-order valence-electron chi connectivity index (χ3n) is 4.88. The van der Waals surface area contributed by atoms with Crippen LogP contribution in [0.15, 0.2) is 0 Å². The van der Waals surface area contributed by atoms with Gasteiger partial charge in [0.05, 0.1) is 0 Å². The van der Waals surface area contributed by atoms with Gasteiger partial charge in [-0.25, -0.2) is 0 Å². The van der Waals surface area contributed by atoms with Gasteiger partial charge in [0, 0.05) is 26.2 Å². The van der Waals surface area contributed by atoms with Crippen LogP contribution in [0, 0.1) is 11.3 Å². The first-order chi connectivity index (χ1) is 8.63. The van der Waals surface area contributed by atoms with Gasteiger partial charge in [0.1, 0.15) is 0 Å². The second-order valence-corrected chi connectivity index (χ2v) is 6.85. The lowest BCUT2D eigenvalue weighted by Crippen LogP contribution is -2.42. The zero-order valence-electron chi connectivity index (χ0n) is 12.5. The number of likely N-dealkylation sites (tertiary alicyclic amines) is 1. The van der Waals surface area contributed by atoms with E-state index in [9.17, 15) is 0 Å². The van der Waals surface area contributed by atoms with Crippen molar-refractivity contribution in [2.75, 3.05) is 53.9 Å². The molecule has 0 bridgehead atoms. The topological polar surface area (TPSA) is 18.5 Å². The summed E-state index contributed by atoms with van der Waals surface area (Å²) >= 11 is 0. The summed E-state index contributed by atoms with van der Waals surface area (Å²) in [6.07, 6.45) is 7.09. The first-order valence-corrected chi connectivity index (χ1v) is 7.65. The number of hydrogen-bond acceptors (Lipinski definition) is 3. The second kappa shape index (κ2) is 6.36. The predicted molar refractivity (Wildman–Crippen MR) is 77.9 cm³/mol. The molecule has 1 heterocycles. The SMILES string of the molecule is CNCC1(CN(C)CC2CCN(C)C2)CCCC1. The summed E-state index contributed by atoms with van der Waals surface area (Å²) in [7, 11) is 6.68. The highest BCUT2D eigenvalue weighted by atomic mass is 15.2. The average molecular weight is 253 g/mol. The molecule has 1 atom stereocenters. The standard InChI is InChI=1S/C15H31N3/c1-16-12-15(7-4-5-8-15)13-18(3)11-14-6-9-17(2)10-14/h14,16H,4-13H2,1-3H3. The number of nitrogens with one attached hydrogen (secondary N) is 1. The fourth-order valence-corrected chi connectivity index (χ4v) is 4.14. The minimum Gasteiger partial charge on any atom is -0.319 e. The zero-order valence-corrected chi connectivity index (χ0v) is 12.5. The molecule has 0 aromatic carbocycles. The Kier molecular flexibility index (Phi) is 5.05. The highest BCUT2D eigenvalue weighted by Crippen LogP contribution is 2.38. The van der Waals surface area contributed by atoms with E-state index in [0.717, 1.165) is 5.92 Å². The third kappa shape index (κ3) is 3.69. The number of rotatable bonds is 6. The van der Waals surface area contributed by atoms with Crippen molar-refractivity contribution in [3.05, 3.63) is 0 Å². The Balaban J connectivity index is 1.79. The summed E-state index contributed by atoms with van der Waals surface area (Å²) in [6.45, 7) is 6.36. The summed E-state index contributed by atoms with van der Waals surface area (Å²) in [6, 6.07) is 0. The lowest BCUT2D eigenvalue weighted by atomic mass is 9.85. The zero-order chi connectivity index (χ0) is 13.0. The van der Waals surface area contributed by atoms with Crippen LogP contribution < -0.4 is 5.32 Å². The van der Waals surface area contributed by atoms with Crippen molar-refractivity contribution in [2.24, 2.45) is 11.3 Å². The van der Waals surface area contributed by atoms with Crippen LogP contribution in [0.1, 0.15) is 32.1 Å². The summed E-state index contributed by atoms with van der Waals surface area (Å²) in [4.78, 5) is 5.07. The van der Waals surface area contributed by atoms with Gasteiger partial charge in [-0.15, -0.1) is 0 Å². The summed E-state index contributed by atoms with van der Waals surface area (Å²) in [5.41, 5.74) is 0.563. The molecule has 0 radical (unpaired) electrons. The van der Waals surface area contributed by atoms with Crippen LogP contribution in [0.25, 0.3) is 0 Å². The molecule has 1 saturated heterocycles. The molecule has 0 spiro atoms. The maximum atomic E-state index is 3.42. The van der Waals surface area contributed by atoms with Crippen molar-refractivity contribution in [3.8, 4) is 0 Å². The van der Waals surface area contributed by atoms with E-state index in [-0.39, 0.29) is 0 Å². The van der Waals surface area contributed by atoms with Crippen molar-refractivity contribution in [3.63, 3.8) is 0 Å². The van der Waals surface area contributed by atoms with Crippen LogP contribution in [-0.4, -0.2) is 63.7 Å². The van der Waals surface area contributed by atoms with Crippen molar-refractivity contribution in [1.82, 2.24) is 15.1 Å². The molecular weight excluding hydrogens is 222 g/mol. The minimum atomic E-state index is 0.563. The Hall–Kier alpha value is -0.120. The first-order valence-electron chi connectivity index (χ1n) is 7.65. The van der Waals surface area contributed by atoms with Crippen LogP contribution in [0.3, 0.4) is 0 Å². The fourth-order valence-electron chi connectivity index (χ4n) is 4.14. The first kappa shape index (κ1) is 14.3. The smallest absolute Gasteiger partial charge is 0.00472 e. The summed E-state index contributed by atoms with van der Waals surface area (Å²) in [5, 5.41) is 3.42. The molecule has 1 N–H and O–H groups in total. The van der Waals surface area contributed by atoms with Crippen molar-refractivity contribution in [2.45, 2.75) is 32.1 Å². The van der Waals surface area contributed by atoms with Gasteiger partial charge >= 0.3 is 0 Å². The molecule has 1 unspecified atom stereocenters. The van der Waals surface area contributed by atoms with E-state index < -0.39 is 0 Å². The molecular formula is C15H31N3. The predicted octanol–water partition coefficient (Wildman–Crippen LogP) is 1.65. The summed E-state index contributed by atoms with van der Waals surface area (Å²) < 4.78 is 0. The number of nitrogens with zero attached hydrogens (tertiary/aromatic N) is 2. The molecule has 0 aromatic rings. The molecule has 3 heteroatoms. The van der Waals surface area contributed by atoms with Gasteiger partial charge in [0.15, 0.2) is 0 Å². The highest BCUT2D eigenvalue weighted by molar-refractivity contribution is 4.89. The average Bonchev–Trinajstić information content (AvgIpc) is 2.89. The fraction of sp³-hybridized carbons (Fsp3) is 1.00. The van der Waals surface area contributed by atoms with E-state index in [1.807, 2.05) is 0 Å². The molecule has 106 valence electrons. The van der Waals surface area contributed by atoms with E-state index in [0.29, 0.717) is 5.41 Å². The van der Waals surface area contributed by atoms with Crippen molar-refractivity contribution < 1.29 is 0 Å². The lowest BCUT2D eigenvalue weighted by molar-refractivity contribution is 0.159. The maximum absolute atomic E-state index is 3.42. The van der Waals surface area contributed by atoms with Gasteiger partial charge < -0.3 is 15.1 Å². The Morgan fingerprint density at radius 2 is 2.06 bits per heavy atom. The van der Waals surface area contributed by atoms with Crippen molar-refractivity contribution in [1.29, 1.82) is 0 Å². The molecule has 2 fully saturated rings.